The van der Waals surface area contributed by atoms with Crippen molar-refractivity contribution in [2.24, 2.45) is 5.73 Å². The van der Waals surface area contributed by atoms with Gasteiger partial charge in [0.2, 0.25) is 17.7 Å². The number of nitrogens with one attached hydrogen (secondary N) is 2. The summed E-state index contributed by atoms with van der Waals surface area (Å²) in [4.78, 5) is 35.0. The van der Waals surface area contributed by atoms with Crippen molar-refractivity contribution in [2.75, 3.05) is 0 Å². The molecule has 0 fully saturated rings. The Morgan fingerprint density at radius 1 is 1.08 bits per heavy atom. The van der Waals surface area contributed by atoms with Crippen LogP contribution in [0.3, 0.4) is 0 Å². The third kappa shape index (κ3) is 5.73. The summed E-state index contributed by atoms with van der Waals surface area (Å²) in [6, 6.07) is 14.1. The van der Waals surface area contributed by atoms with Crippen LogP contribution in [0.2, 0.25) is 0 Å². The van der Waals surface area contributed by atoms with Crippen molar-refractivity contribution in [1.82, 2.24) is 10.6 Å². The van der Waals surface area contributed by atoms with E-state index in [9.17, 15) is 14.4 Å². The van der Waals surface area contributed by atoms with Crippen LogP contribution in [0.4, 0.5) is 0 Å². The molecule has 0 spiro atoms. The Hall–Kier alpha value is -3.15. The first kappa shape index (κ1) is 19.2. The molecule has 26 heavy (non-hydrogen) atoms. The number of nitrogens with two attached hydrogens (primary N) is 1. The molecule has 0 radical (unpaired) electrons. The van der Waals surface area contributed by atoms with Crippen molar-refractivity contribution in [2.45, 2.75) is 32.9 Å². The van der Waals surface area contributed by atoms with Gasteiger partial charge in [-0.25, -0.2) is 0 Å². The Morgan fingerprint density at radius 2 is 1.77 bits per heavy atom. The molecule has 2 aromatic carbocycles. The van der Waals surface area contributed by atoms with Crippen LogP contribution >= 0.6 is 0 Å². The van der Waals surface area contributed by atoms with Gasteiger partial charge in [0, 0.05) is 19.0 Å². The number of hydrogen-bond acceptors (Lipinski definition) is 3. The van der Waals surface area contributed by atoms with Crippen LogP contribution in [-0.2, 0) is 16.1 Å². The molecule has 3 amide bonds. The summed E-state index contributed by atoms with van der Waals surface area (Å²) in [6.45, 7) is 3.68. The van der Waals surface area contributed by atoms with E-state index in [0.717, 1.165) is 16.7 Å². The zero-order valence-electron chi connectivity index (χ0n) is 14.9. The average Bonchev–Trinajstić information content (AvgIpc) is 2.60. The molecule has 136 valence electrons. The normalized spacial score (nSPS) is 11.5. The number of primary amides is 1. The first-order chi connectivity index (χ1) is 12.3. The lowest BCUT2D eigenvalue weighted by atomic mass is 10.0. The fraction of sp³-hybridized carbons (Fsp3) is 0.250. The van der Waals surface area contributed by atoms with Crippen LogP contribution in [0.1, 0.15) is 46.4 Å². The summed E-state index contributed by atoms with van der Waals surface area (Å²) in [5.41, 5.74) is 8.41. The van der Waals surface area contributed by atoms with E-state index >= 15 is 0 Å². The molecular formula is C20H23N3O3. The van der Waals surface area contributed by atoms with Gasteiger partial charge in [-0.1, -0.05) is 42.0 Å². The van der Waals surface area contributed by atoms with Gasteiger partial charge in [0.05, 0.1) is 12.5 Å². The van der Waals surface area contributed by atoms with Gasteiger partial charge in [-0.3, -0.25) is 14.4 Å². The first-order valence-corrected chi connectivity index (χ1v) is 8.34. The summed E-state index contributed by atoms with van der Waals surface area (Å²) in [7, 11) is 0. The van der Waals surface area contributed by atoms with Crippen LogP contribution in [0.25, 0.3) is 0 Å². The Bertz CT molecular complexity index is 800. The monoisotopic (exact) mass is 353 g/mol. The van der Waals surface area contributed by atoms with Gasteiger partial charge in [-0.2, -0.15) is 0 Å². The first-order valence-electron chi connectivity index (χ1n) is 8.34. The minimum Gasteiger partial charge on any atom is -0.366 e. The molecule has 0 saturated carbocycles. The molecule has 2 rings (SSSR count). The summed E-state index contributed by atoms with van der Waals surface area (Å²) >= 11 is 0. The highest BCUT2D eigenvalue weighted by atomic mass is 16.2. The zero-order valence-corrected chi connectivity index (χ0v) is 14.9. The standard InChI is InChI=1S/C20H23N3O3/c1-13-6-8-16(9-7-13)18(23-14(2)24)11-19(25)22-12-15-4-3-5-17(10-15)20(21)26/h3-10,18H,11-12H2,1-2H3,(H2,21,26)(H,22,25)(H,23,24). The molecule has 0 aromatic heterocycles. The van der Waals surface area contributed by atoms with Crippen molar-refractivity contribution in [3.05, 3.63) is 70.8 Å². The van der Waals surface area contributed by atoms with Crippen molar-refractivity contribution in [3.8, 4) is 0 Å². The third-order valence-corrected chi connectivity index (χ3v) is 3.95. The molecule has 2 aromatic rings. The van der Waals surface area contributed by atoms with Crippen molar-refractivity contribution < 1.29 is 14.4 Å². The highest BCUT2D eigenvalue weighted by Gasteiger charge is 2.17. The van der Waals surface area contributed by atoms with E-state index in [2.05, 4.69) is 10.6 Å². The highest BCUT2D eigenvalue weighted by molar-refractivity contribution is 5.92. The Labute approximate surface area is 152 Å². The maximum Gasteiger partial charge on any atom is 0.248 e. The molecule has 1 unspecified atom stereocenters. The smallest absolute Gasteiger partial charge is 0.248 e. The third-order valence-electron chi connectivity index (χ3n) is 3.95. The van der Waals surface area contributed by atoms with Gasteiger partial charge in [0.1, 0.15) is 0 Å². The van der Waals surface area contributed by atoms with Gasteiger partial charge >= 0.3 is 0 Å². The van der Waals surface area contributed by atoms with E-state index in [-0.39, 0.29) is 24.8 Å². The molecule has 1 atom stereocenters. The molecule has 0 aliphatic heterocycles. The summed E-state index contributed by atoms with van der Waals surface area (Å²) in [6.07, 6.45) is 0.123. The van der Waals surface area contributed by atoms with Crippen LogP contribution < -0.4 is 16.4 Å². The van der Waals surface area contributed by atoms with E-state index in [1.54, 1.807) is 24.3 Å². The molecule has 0 aliphatic rings. The minimum absolute atomic E-state index is 0.123. The van der Waals surface area contributed by atoms with E-state index in [0.29, 0.717) is 5.56 Å². The van der Waals surface area contributed by atoms with Crippen molar-refractivity contribution in [3.63, 3.8) is 0 Å². The Morgan fingerprint density at radius 3 is 2.38 bits per heavy atom. The van der Waals surface area contributed by atoms with Crippen LogP contribution in [-0.4, -0.2) is 17.7 Å². The predicted molar refractivity (Wildman–Crippen MR) is 99.2 cm³/mol. The number of carbonyl (C=O) groups excluding carboxylic acids is 3. The number of hydrogen-bond donors (Lipinski definition) is 3. The second kappa shape index (κ2) is 8.80. The van der Waals surface area contributed by atoms with Gasteiger partial charge in [0.25, 0.3) is 0 Å². The van der Waals surface area contributed by atoms with E-state index in [4.69, 9.17) is 5.73 Å². The summed E-state index contributed by atoms with van der Waals surface area (Å²) < 4.78 is 0. The summed E-state index contributed by atoms with van der Waals surface area (Å²) in [5.74, 6) is -0.908. The average molecular weight is 353 g/mol. The Balaban J connectivity index is 2.00. The minimum atomic E-state index is -0.511. The highest BCUT2D eigenvalue weighted by Crippen LogP contribution is 2.17. The zero-order chi connectivity index (χ0) is 19.1. The number of amides is 3. The van der Waals surface area contributed by atoms with Crippen molar-refractivity contribution >= 4 is 17.7 Å². The van der Waals surface area contributed by atoms with Crippen LogP contribution in [0, 0.1) is 6.92 Å². The number of rotatable bonds is 7. The fourth-order valence-corrected chi connectivity index (χ4v) is 2.59. The molecule has 0 bridgehead atoms. The maximum absolute atomic E-state index is 12.3. The van der Waals surface area contributed by atoms with E-state index in [1.165, 1.54) is 6.92 Å². The molecule has 0 heterocycles. The molecule has 0 saturated heterocycles. The number of aryl methyl sites for hydroxylation is 1. The Kier molecular flexibility index (Phi) is 6.49. The molecule has 0 aliphatic carbocycles. The van der Waals surface area contributed by atoms with Gasteiger partial charge in [-0.15, -0.1) is 0 Å². The van der Waals surface area contributed by atoms with Gasteiger partial charge in [-0.05, 0) is 30.2 Å². The lowest BCUT2D eigenvalue weighted by molar-refractivity contribution is -0.122. The summed E-state index contributed by atoms with van der Waals surface area (Å²) in [5, 5.41) is 5.62. The van der Waals surface area contributed by atoms with Crippen LogP contribution in [0.15, 0.2) is 48.5 Å². The molecule has 6 heteroatoms. The SMILES string of the molecule is CC(=O)NC(CC(=O)NCc1cccc(C(N)=O)c1)c1ccc(C)cc1. The predicted octanol–water partition coefficient (Wildman–Crippen LogP) is 1.98. The van der Waals surface area contributed by atoms with E-state index in [1.807, 2.05) is 31.2 Å². The second-order valence-corrected chi connectivity index (χ2v) is 6.21. The second-order valence-electron chi connectivity index (χ2n) is 6.21. The fourth-order valence-electron chi connectivity index (χ4n) is 2.59. The largest absolute Gasteiger partial charge is 0.366 e. The lowest BCUT2D eigenvalue weighted by Crippen LogP contribution is -2.32. The van der Waals surface area contributed by atoms with E-state index < -0.39 is 11.9 Å². The lowest BCUT2D eigenvalue weighted by Gasteiger charge is -2.18. The van der Waals surface area contributed by atoms with Gasteiger partial charge < -0.3 is 16.4 Å². The maximum atomic E-state index is 12.3. The number of benzene rings is 2. The molecular weight excluding hydrogens is 330 g/mol. The number of carbonyl (C=O) groups is 3. The quantitative estimate of drug-likeness (QED) is 0.709. The topological polar surface area (TPSA) is 101 Å². The molecule has 6 nitrogen and oxygen atoms in total. The van der Waals surface area contributed by atoms with Crippen LogP contribution in [0.5, 0.6) is 0 Å². The van der Waals surface area contributed by atoms with Gasteiger partial charge in [0.15, 0.2) is 0 Å². The van der Waals surface area contributed by atoms with Crippen molar-refractivity contribution in [1.29, 1.82) is 0 Å². The molecule has 4 N–H and O–H groups in total.